The molecular formula is C13H18N4. The lowest BCUT2D eigenvalue weighted by Crippen LogP contribution is -2.34. The number of hydrogen-bond donors (Lipinski definition) is 0. The highest BCUT2D eigenvalue weighted by Crippen LogP contribution is 2.38. The molecule has 1 saturated carbocycles. The number of nitrogens with zero attached hydrogens (tertiary/aromatic N) is 4. The molecule has 2 heterocycles. The summed E-state index contributed by atoms with van der Waals surface area (Å²) in [5.41, 5.74) is 1.09. The maximum absolute atomic E-state index is 9.44. The summed E-state index contributed by atoms with van der Waals surface area (Å²) < 4.78 is 2.21. The Bertz CT molecular complexity index is 421. The van der Waals surface area contributed by atoms with Gasteiger partial charge in [-0.1, -0.05) is 6.42 Å². The van der Waals surface area contributed by atoms with Gasteiger partial charge in [-0.25, -0.2) is 4.98 Å². The van der Waals surface area contributed by atoms with E-state index in [1.807, 2.05) is 12.5 Å². The third-order valence-corrected chi connectivity index (χ3v) is 3.79. The average molecular weight is 230 g/mol. The molecule has 90 valence electrons. The highest BCUT2D eigenvalue weighted by Gasteiger charge is 2.30. The molecular weight excluding hydrogens is 212 g/mol. The quantitative estimate of drug-likeness (QED) is 0.800. The summed E-state index contributed by atoms with van der Waals surface area (Å²) >= 11 is 0. The minimum Gasteiger partial charge on any atom is -0.329 e. The molecule has 0 aromatic carbocycles. The van der Waals surface area contributed by atoms with Crippen LogP contribution in [0.5, 0.6) is 0 Å². The topological polar surface area (TPSA) is 44.9 Å². The first-order valence-electron chi connectivity index (χ1n) is 6.55. The van der Waals surface area contributed by atoms with Crippen LogP contribution in [0.15, 0.2) is 12.5 Å². The molecule has 4 nitrogen and oxygen atoms in total. The molecule has 0 amide bonds. The van der Waals surface area contributed by atoms with Crippen LogP contribution >= 0.6 is 0 Å². The van der Waals surface area contributed by atoms with Crippen molar-refractivity contribution in [3.63, 3.8) is 0 Å². The summed E-state index contributed by atoms with van der Waals surface area (Å²) in [6.45, 7) is 2.10. The minimum atomic E-state index is -0.0987. The fourth-order valence-electron chi connectivity index (χ4n) is 2.70. The van der Waals surface area contributed by atoms with Gasteiger partial charge in [-0.15, -0.1) is 0 Å². The second-order valence-corrected chi connectivity index (χ2v) is 5.09. The van der Waals surface area contributed by atoms with Crippen LogP contribution in [-0.2, 0) is 0 Å². The molecule has 1 aromatic rings. The van der Waals surface area contributed by atoms with Gasteiger partial charge in [-0.05, 0) is 38.8 Å². The Kier molecular flexibility index (Phi) is 2.86. The van der Waals surface area contributed by atoms with Crippen LogP contribution in [0.4, 0.5) is 0 Å². The third-order valence-electron chi connectivity index (χ3n) is 3.79. The molecule has 1 unspecified atom stereocenters. The predicted molar refractivity (Wildman–Crippen MR) is 64.3 cm³/mol. The van der Waals surface area contributed by atoms with Gasteiger partial charge in [-0.2, -0.15) is 5.26 Å². The van der Waals surface area contributed by atoms with Gasteiger partial charge in [0.25, 0.3) is 0 Å². The van der Waals surface area contributed by atoms with E-state index in [4.69, 9.17) is 0 Å². The molecule has 3 rings (SSSR count). The Morgan fingerprint density at radius 1 is 1.29 bits per heavy atom. The van der Waals surface area contributed by atoms with E-state index in [1.54, 1.807) is 0 Å². The highest BCUT2D eigenvalue weighted by molar-refractivity contribution is 5.16. The van der Waals surface area contributed by atoms with Crippen molar-refractivity contribution in [3.05, 3.63) is 18.2 Å². The van der Waals surface area contributed by atoms with E-state index in [1.165, 1.54) is 32.1 Å². The summed E-state index contributed by atoms with van der Waals surface area (Å²) in [5.74, 6) is 0. The van der Waals surface area contributed by atoms with Gasteiger partial charge < -0.3 is 4.57 Å². The lowest BCUT2D eigenvalue weighted by molar-refractivity contribution is 0.190. The molecule has 4 heteroatoms. The number of hydrogen-bond acceptors (Lipinski definition) is 3. The highest BCUT2D eigenvalue weighted by atomic mass is 15.2. The van der Waals surface area contributed by atoms with Gasteiger partial charge in [0, 0.05) is 6.04 Å². The third kappa shape index (κ3) is 2.07. The zero-order valence-electron chi connectivity index (χ0n) is 10.0. The minimum absolute atomic E-state index is 0.0987. The van der Waals surface area contributed by atoms with Crippen molar-refractivity contribution >= 4 is 0 Å². The van der Waals surface area contributed by atoms with Crippen LogP contribution in [0.3, 0.4) is 0 Å². The van der Waals surface area contributed by atoms with Crippen molar-refractivity contribution in [1.29, 1.82) is 5.26 Å². The molecule has 0 spiro atoms. The molecule has 0 radical (unpaired) electrons. The molecule has 2 aliphatic rings. The molecule has 1 aliphatic carbocycles. The lowest BCUT2D eigenvalue weighted by Gasteiger charge is -2.30. The van der Waals surface area contributed by atoms with Gasteiger partial charge >= 0.3 is 0 Å². The molecule has 17 heavy (non-hydrogen) atoms. The van der Waals surface area contributed by atoms with E-state index in [0.717, 1.165) is 18.8 Å². The predicted octanol–water partition coefficient (Wildman–Crippen LogP) is 2.27. The van der Waals surface area contributed by atoms with Gasteiger partial charge in [0.15, 0.2) is 0 Å². The SMILES string of the molecule is N#CC(c1cncn1C1CC1)N1CCCCC1. The summed E-state index contributed by atoms with van der Waals surface area (Å²) in [6.07, 6.45) is 9.98. The number of piperidine rings is 1. The maximum Gasteiger partial charge on any atom is 0.140 e. The Labute approximate surface area is 102 Å². The van der Waals surface area contributed by atoms with Crippen molar-refractivity contribution in [1.82, 2.24) is 14.5 Å². The first kappa shape index (κ1) is 10.8. The van der Waals surface area contributed by atoms with Gasteiger partial charge in [-0.3, -0.25) is 4.90 Å². The van der Waals surface area contributed by atoms with Gasteiger partial charge in [0.1, 0.15) is 6.04 Å². The Morgan fingerprint density at radius 2 is 2.06 bits per heavy atom. The lowest BCUT2D eigenvalue weighted by atomic mass is 10.1. The Hall–Kier alpha value is -1.34. The second kappa shape index (κ2) is 4.50. The zero-order valence-corrected chi connectivity index (χ0v) is 10.0. The molecule has 1 aromatic heterocycles. The average Bonchev–Trinajstić information content (AvgIpc) is 3.12. The van der Waals surface area contributed by atoms with E-state index in [9.17, 15) is 5.26 Å². The fourth-order valence-corrected chi connectivity index (χ4v) is 2.70. The molecule has 1 atom stereocenters. The number of rotatable bonds is 3. The van der Waals surface area contributed by atoms with Crippen molar-refractivity contribution in [3.8, 4) is 6.07 Å². The van der Waals surface area contributed by atoms with Crippen molar-refractivity contribution in [2.45, 2.75) is 44.2 Å². The van der Waals surface area contributed by atoms with E-state index >= 15 is 0 Å². The van der Waals surface area contributed by atoms with E-state index in [0.29, 0.717) is 6.04 Å². The summed E-state index contributed by atoms with van der Waals surface area (Å²) in [7, 11) is 0. The Morgan fingerprint density at radius 3 is 2.71 bits per heavy atom. The standard InChI is InChI=1S/C13H18N4/c14-8-12(16-6-2-1-3-7-16)13-9-15-10-17(13)11-4-5-11/h9-12H,1-7H2. The van der Waals surface area contributed by atoms with Crippen LogP contribution in [0.1, 0.15) is 49.9 Å². The maximum atomic E-state index is 9.44. The smallest absolute Gasteiger partial charge is 0.140 e. The zero-order chi connectivity index (χ0) is 11.7. The first-order valence-corrected chi connectivity index (χ1v) is 6.55. The number of imidazole rings is 1. The first-order chi connectivity index (χ1) is 8.40. The monoisotopic (exact) mass is 230 g/mol. The fraction of sp³-hybridized carbons (Fsp3) is 0.692. The molecule has 2 fully saturated rings. The van der Waals surface area contributed by atoms with Crippen LogP contribution in [-0.4, -0.2) is 27.5 Å². The van der Waals surface area contributed by atoms with E-state index < -0.39 is 0 Å². The van der Waals surface area contributed by atoms with Crippen LogP contribution in [0, 0.1) is 11.3 Å². The Balaban J connectivity index is 1.83. The largest absolute Gasteiger partial charge is 0.329 e. The van der Waals surface area contributed by atoms with Crippen molar-refractivity contribution in [2.24, 2.45) is 0 Å². The van der Waals surface area contributed by atoms with Crippen molar-refractivity contribution < 1.29 is 0 Å². The van der Waals surface area contributed by atoms with Gasteiger partial charge in [0.05, 0.1) is 24.3 Å². The van der Waals surface area contributed by atoms with E-state index in [2.05, 4.69) is 20.5 Å². The molecule has 1 aliphatic heterocycles. The molecule has 1 saturated heterocycles. The van der Waals surface area contributed by atoms with Crippen LogP contribution in [0.25, 0.3) is 0 Å². The van der Waals surface area contributed by atoms with Crippen LogP contribution in [0.2, 0.25) is 0 Å². The molecule has 0 N–H and O–H groups in total. The summed E-state index contributed by atoms with van der Waals surface area (Å²) in [5, 5.41) is 9.44. The second-order valence-electron chi connectivity index (χ2n) is 5.09. The normalized spacial score (nSPS) is 23.2. The number of likely N-dealkylation sites (tertiary alicyclic amines) is 1. The summed E-state index contributed by atoms with van der Waals surface area (Å²) in [6, 6.07) is 2.97. The van der Waals surface area contributed by atoms with Gasteiger partial charge in [0.2, 0.25) is 0 Å². The van der Waals surface area contributed by atoms with E-state index in [-0.39, 0.29) is 6.04 Å². The number of aromatic nitrogens is 2. The summed E-state index contributed by atoms with van der Waals surface area (Å²) in [4.78, 5) is 6.54. The van der Waals surface area contributed by atoms with Crippen molar-refractivity contribution in [2.75, 3.05) is 13.1 Å². The number of nitriles is 1. The van der Waals surface area contributed by atoms with Crippen LogP contribution < -0.4 is 0 Å². The molecule has 0 bridgehead atoms.